The number of carbonyl (C=O) groups excluding carboxylic acids is 2. The van der Waals surface area contributed by atoms with Crippen LogP contribution in [0.4, 0.5) is 5.69 Å². The van der Waals surface area contributed by atoms with Crippen LogP contribution in [0.5, 0.6) is 11.5 Å². The average Bonchev–Trinajstić information content (AvgIpc) is 3.39. The number of allylic oxidation sites excluding steroid dienone is 2. The predicted molar refractivity (Wildman–Crippen MR) is 129 cm³/mol. The van der Waals surface area contributed by atoms with Gasteiger partial charge in [0, 0.05) is 35.6 Å². The van der Waals surface area contributed by atoms with Crippen molar-refractivity contribution in [1.82, 2.24) is 0 Å². The number of quaternary nitrogens is 1. The van der Waals surface area contributed by atoms with E-state index in [9.17, 15) is 14.7 Å². The van der Waals surface area contributed by atoms with Gasteiger partial charge in [-0.1, -0.05) is 18.2 Å². The third-order valence-corrected chi connectivity index (χ3v) is 8.84. The second kappa shape index (κ2) is 7.31. The number of fused-ring (bicyclic) bond motifs is 2. The number of hydrogen-bond acceptors (Lipinski definition) is 5. The molecule has 1 aliphatic carbocycles. The predicted octanol–water partition coefficient (Wildman–Crippen LogP) is 3.97. The molecule has 1 spiro atoms. The number of rotatable bonds is 5. The molecular formula is C28H29N2O4+. The zero-order valence-corrected chi connectivity index (χ0v) is 19.5. The number of benzene rings is 2. The van der Waals surface area contributed by atoms with Crippen molar-refractivity contribution in [3.05, 3.63) is 76.5 Å². The maximum atomic E-state index is 13.6. The number of phenols is 1. The van der Waals surface area contributed by atoms with Gasteiger partial charge in [0.2, 0.25) is 5.78 Å². The van der Waals surface area contributed by atoms with E-state index in [2.05, 4.69) is 17.5 Å². The van der Waals surface area contributed by atoms with Gasteiger partial charge in [-0.3, -0.25) is 9.59 Å². The molecule has 4 aliphatic rings. The molecule has 0 aromatic heterocycles. The van der Waals surface area contributed by atoms with Gasteiger partial charge >= 0.3 is 0 Å². The van der Waals surface area contributed by atoms with E-state index in [1.54, 1.807) is 13.2 Å². The summed E-state index contributed by atoms with van der Waals surface area (Å²) in [6.45, 7) is 4.07. The number of piperidine rings is 1. The first-order valence-corrected chi connectivity index (χ1v) is 11.9. The summed E-state index contributed by atoms with van der Waals surface area (Å²) in [5.41, 5.74) is 5.07. The Kier molecular flexibility index (Phi) is 4.55. The van der Waals surface area contributed by atoms with Crippen LogP contribution >= 0.6 is 0 Å². The molecule has 6 heteroatoms. The lowest BCUT2D eigenvalue weighted by molar-refractivity contribution is -0.934. The minimum Gasteiger partial charge on any atom is -0.506 e. The van der Waals surface area contributed by atoms with Gasteiger partial charge in [-0.05, 0) is 48.4 Å². The number of hydrogen-bond donors (Lipinski definition) is 2. The standard InChI is InChI=1S/C28H28N2O4/c1-3-17-14-30(15-24(33)18-7-9-19(34-2)10-8-18)12-11-28-22-5-4-6-23(32)26(22)29-27(28)21(16-31)20(17)13-25(28)30/h3-10,16,20,25H,11-15H2,1-2H3,(H-,29,31,32)/p+1/b17-3-/t20-,25-,28+,30-/m0/s1. The number of nitrogens with one attached hydrogen (secondary N) is 1. The Bertz CT molecular complexity index is 1280. The Labute approximate surface area is 199 Å². The number of aldehydes is 1. The highest BCUT2D eigenvalue weighted by atomic mass is 16.5. The number of phenolic OH excluding ortho intramolecular Hbond substituents is 1. The van der Waals surface area contributed by atoms with Gasteiger partial charge in [0.05, 0.1) is 24.8 Å². The van der Waals surface area contributed by atoms with Crippen LogP contribution in [0.2, 0.25) is 0 Å². The smallest absolute Gasteiger partial charge is 0.216 e. The largest absolute Gasteiger partial charge is 0.506 e. The Hall–Kier alpha value is -3.38. The van der Waals surface area contributed by atoms with Crippen LogP contribution in [0.3, 0.4) is 0 Å². The number of Topliss-reactive ketones (excluding diaryl/α,β-unsaturated/α-hetero) is 1. The van der Waals surface area contributed by atoms with E-state index in [1.165, 1.54) is 5.57 Å². The summed E-state index contributed by atoms with van der Waals surface area (Å²) >= 11 is 0. The van der Waals surface area contributed by atoms with E-state index in [-0.39, 0.29) is 28.9 Å². The van der Waals surface area contributed by atoms with E-state index in [1.807, 2.05) is 37.3 Å². The first-order chi connectivity index (χ1) is 16.5. The van der Waals surface area contributed by atoms with Crippen LogP contribution in [0.25, 0.3) is 0 Å². The normalized spacial score (nSPS) is 31.6. The van der Waals surface area contributed by atoms with Crippen molar-refractivity contribution in [3.63, 3.8) is 0 Å². The van der Waals surface area contributed by atoms with Crippen molar-refractivity contribution in [3.8, 4) is 11.5 Å². The Balaban J connectivity index is 1.49. The molecule has 0 amide bonds. The minimum atomic E-state index is -0.375. The number of ether oxygens (including phenoxy) is 1. The van der Waals surface area contributed by atoms with E-state index in [0.29, 0.717) is 22.3 Å². The second-order valence-electron chi connectivity index (χ2n) is 10.1. The average molecular weight is 458 g/mol. The highest BCUT2D eigenvalue weighted by Gasteiger charge is 2.69. The van der Waals surface area contributed by atoms with Crippen molar-refractivity contribution in [2.75, 3.05) is 32.1 Å². The van der Waals surface area contributed by atoms with Crippen molar-refractivity contribution in [2.45, 2.75) is 31.2 Å². The molecule has 2 aromatic rings. The SMILES string of the molecule is C/C=C1/C[N@+]2(CC(=O)c3ccc(OC)cc3)CC[C@]34C(=C(C=O)[C@H]1C[C@@H]32)Nc1c(O)cccc14. The highest BCUT2D eigenvalue weighted by Crippen LogP contribution is 2.64. The zero-order chi connectivity index (χ0) is 23.7. The van der Waals surface area contributed by atoms with Gasteiger partial charge in [0.1, 0.15) is 36.9 Å². The van der Waals surface area contributed by atoms with Gasteiger partial charge < -0.3 is 19.6 Å². The summed E-state index contributed by atoms with van der Waals surface area (Å²) in [6, 6.07) is 13.2. The van der Waals surface area contributed by atoms with Gasteiger partial charge in [0.15, 0.2) is 0 Å². The minimum absolute atomic E-state index is 0.0556. The van der Waals surface area contributed by atoms with Gasteiger partial charge in [0.25, 0.3) is 0 Å². The van der Waals surface area contributed by atoms with Crippen molar-refractivity contribution in [1.29, 1.82) is 0 Å². The van der Waals surface area contributed by atoms with Crippen molar-refractivity contribution in [2.24, 2.45) is 5.92 Å². The molecule has 34 heavy (non-hydrogen) atoms. The first-order valence-electron chi connectivity index (χ1n) is 11.9. The fourth-order valence-corrected chi connectivity index (χ4v) is 7.34. The molecule has 174 valence electrons. The molecule has 0 radical (unpaired) electrons. The van der Waals surface area contributed by atoms with E-state index in [0.717, 1.165) is 54.8 Å². The molecule has 4 atom stereocenters. The van der Waals surface area contributed by atoms with Crippen LogP contribution in [0.1, 0.15) is 35.7 Å². The van der Waals surface area contributed by atoms with Crippen LogP contribution in [0.15, 0.2) is 65.4 Å². The molecule has 3 aliphatic heterocycles. The highest BCUT2D eigenvalue weighted by molar-refractivity contribution is 5.97. The fraction of sp³-hybridized carbons (Fsp3) is 0.357. The topological polar surface area (TPSA) is 75.6 Å². The van der Waals surface area contributed by atoms with Gasteiger partial charge in [-0.15, -0.1) is 0 Å². The lowest BCUT2D eigenvalue weighted by Gasteiger charge is -2.53. The third-order valence-electron chi connectivity index (χ3n) is 8.84. The number of methoxy groups -OCH3 is 1. The second-order valence-corrected chi connectivity index (χ2v) is 10.1. The van der Waals surface area contributed by atoms with E-state index < -0.39 is 0 Å². The Morgan fingerprint density at radius 3 is 2.76 bits per heavy atom. The van der Waals surface area contributed by atoms with Crippen LogP contribution in [0, 0.1) is 5.92 Å². The number of para-hydroxylation sites is 1. The van der Waals surface area contributed by atoms with E-state index in [4.69, 9.17) is 4.74 Å². The zero-order valence-electron chi connectivity index (χ0n) is 19.5. The summed E-state index contributed by atoms with van der Waals surface area (Å²) in [6.07, 6.45) is 4.82. The van der Waals surface area contributed by atoms with Crippen molar-refractivity contribution < 1.29 is 23.9 Å². The van der Waals surface area contributed by atoms with E-state index >= 15 is 0 Å². The molecule has 2 N–H and O–H groups in total. The quantitative estimate of drug-likeness (QED) is 0.234. The monoisotopic (exact) mass is 457 g/mol. The maximum absolute atomic E-state index is 13.6. The Morgan fingerprint density at radius 2 is 2.06 bits per heavy atom. The summed E-state index contributed by atoms with van der Waals surface area (Å²) in [5.74, 6) is 1.12. The number of anilines is 1. The number of nitrogens with zero attached hydrogens (tertiary/aromatic N) is 1. The molecule has 2 saturated heterocycles. The molecule has 6 nitrogen and oxygen atoms in total. The lowest BCUT2D eigenvalue weighted by Crippen LogP contribution is -2.64. The first kappa shape index (κ1) is 21.2. The Morgan fingerprint density at radius 1 is 1.26 bits per heavy atom. The molecule has 0 saturated carbocycles. The van der Waals surface area contributed by atoms with Gasteiger partial charge in [-0.2, -0.15) is 0 Å². The number of carbonyl (C=O) groups is 2. The molecule has 2 bridgehead atoms. The molecular weight excluding hydrogens is 428 g/mol. The molecule has 2 fully saturated rings. The summed E-state index contributed by atoms with van der Waals surface area (Å²) < 4.78 is 5.94. The maximum Gasteiger partial charge on any atom is 0.216 e. The lowest BCUT2D eigenvalue weighted by atomic mass is 9.61. The van der Waals surface area contributed by atoms with Crippen LogP contribution in [-0.2, 0) is 10.2 Å². The summed E-state index contributed by atoms with van der Waals surface area (Å²) in [7, 11) is 1.62. The van der Waals surface area contributed by atoms with Crippen LogP contribution < -0.4 is 10.1 Å². The number of aromatic hydroxyl groups is 1. The summed E-state index contributed by atoms with van der Waals surface area (Å²) in [4.78, 5) is 26.0. The summed E-state index contributed by atoms with van der Waals surface area (Å²) in [5, 5.41) is 14.1. The van der Waals surface area contributed by atoms with Gasteiger partial charge in [-0.25, -0.2) is 0 Å². The molecule has 0 unspecified atom stereocenters. The molecule has 3 heterocycles. The third kappa shape index (κ3) is 2.60. The number of ketones is 1. The fourth-order valence-electron chi connectivity index (χ4n) is 7.34. The van der Waals surface area contributed by atoms with Crippen molar-refractivity contribution >= 4 is 17.8 Å². The molecule has 2 aromatic carbocycles. The molecule has 6 rings (SSSR count). The van der Waals surface area contributed by atoms with Crippen LogP contribution in [-0.4, -0.2) is 54.4 Å².